The molecule has 0 aromatic carbocycles. The summed E-state index contributed by atoms with van der Waals surface area (Å²) in [5.74, 6) is -1.63. The number of carboxylic acid groups (broad SMARTS) is 1. The van der Waals surface area contributed by atoms with Crippen LogP contribution >= 0.6 is 0 Å². The number of carbonyl (C=O) groups is 2. The molecule has 2 unspecified atom stereocenters. The Labute approximate surface area is 119 Å². The topological polar surface area (TPSA) is 90.3 Å². The number of aliphatic hydroxyl groups excluding tert-OH is 1. The quantitative estimate of drug-likeness (QED) is 0.730. The Morgan fingerprint density at radius 2 is 2.00 bits per heavy atom. The van der Waals surface area contributed by atoms with Gasteiger partial charge in [-0.05, 0) is 20.3 Å². The average molecular weight is 288 g/mol. The summed E-state index contributed by atoms with van der Waals surface area (Å²) < 4.78 is 5.19. The van der Waals surface area contributed by atoms with Gasteiger partial charge in [0.25, 0.3) is 0 Å². The van der Waals surface area contributed by atoms with Crippen molar-refractivity contribution in [3.8, 4) is 0 Å². The SMILES string of the molecule is CC(C)N(CCCO)C(=O)N(C)C1COCC1C(=O)O. The molecule has 0 bridgehead atoms. The number of ether oxygens (including phenoxy) is 1. The number of nitrogens with zero attached hydrogens (tertiary/aromatic N) is 2. The molecule has 2 amide bonds. The molecule has 116 valence electrons. The van der Waals surface area contributed by atoms with Crippen molar-refractivity contribution in [2.45, 2.75) is 32.4 Å². The van der Waals surface area contributed by atoms with Gasteiger partial charge in [-0.15, -0.1) is 0 Å². The van der Waals surface area contributed by atoms with Crippen LogP contribution in [0.4, 0.5) is 4.79 Å². The number of likely N-dealkylation sites (N-methyl/N-ethyl adjacent to an activating group) is 1. The van der Waals surface area contributed by atoms with Gasteiger partial charge in [-0.25, -0.2) is 4.79 Å². The van der Waals surface area contributed by atoms with Gasteiger partial charge >= 0.3 is 12.0 Å². The lowest BCUT2D eigenvalue weighted by atomic mass is 10.0. The molecule has 0 aromatic heterocycles. The summed E-state index contributed by atoms with van der Waals surface area (Å²) in [7, 11) is 1.60. The molecule has 1 rings (SSSR count). The number of urea groups is 1. The fraction of sp³-hybridized carbons (Fsp3) is 0.846. The highest BCUT2D eigenvalue weighted by Crippen LogP contribution is 2.20. The van der Waals surface area contributed by atoms with Crippen LogP contribution in [0.25, 0.3) is 0 Å². The summed E-state index contributed by atoms with van der Waals surface area (Å²) in [6.45, 7) is 4.63. The second-order valence-electron chi connectivity index (χ2n) is 5.31. The number of aliphatic hydroxyl groups is 1. The molecule has 0 saturated carbocycles. The Morgan fingerprint density at radius 1 is 1.35 bits per heavy atom. The third-order valence-corrected chi connectivity index (χ3v) is 3.59. The first-order valence-electron chi connectivity index (χ1n) is 6.85. The van der Waals surface area contributed by atoms with Crippen LogP contribution in [0.15, 0.2) is 0 Å². The van der Waals surface area contributed by atoms with Gasteiger partial charge in [0.1, 0.15) is 5.92 Å². The van der Waals surface area contributed by atoms with E-state index in [9.17, 15) is 9.59 Å². The Kier molecular flexibility index (Phi) is 6.22. The fourth-order valence-corrected chi connectivity index (χ4v) is 2.32. The fourth-order valence-electron chi connectivity index (χ4n) is 2.32. The lowest BCUT2D eigenvalue weighted by Gasteiger charge is -2.34. The van der Waals surface area contributed by atoms with Crippen LogP contribution in [0, 0.1) is 5.92 Å². The predicted molar refractivity (Wildman–Crippen MR) is 72.4 cm³/mol. The second kappa shape index (κ2) is 7.44. The normalized spacial score (nSPS) is 22.1. The molecule has 1 aliphatic heterocycles. The number of carboxylic acids is 1. The van der Waals surface area contributed by atoms with Crippen LogP contribution < -0.4 is 0 Å². The summed E-state index contributed by atoms with van der Waals surface area (Å²) in [4.78, 5) is 26.7. The molecule has 2 atom stereocenters. The minimum atomic E-state index is -0.946. The van der Waals surface area contributed by atoms with E-state index < -0.39 is 17.9 Å². The summed E-state index contributed by atoms with van der Waals surface area (Å²) in [5.41, 5.74) is 0. The number of carbonyl (C=O) groups excluding carboxylic acids is 1. The largest absolute Gasteiger partial charge is 0.481 e. The number of aliphatic carboxylic acids is 1. The third kappa shape index (κ3) is 3.83. The van der Waals surface area contributed by atoms with Gasteiger partial charge in [0.15, 0.2) is 0 Å². The Balaban J connectivity index is 2.75. The molecular formula is C13H24N2O5. The highest BCUT2D eigenvalue weighted by atomic mass is 16.5. The molecular weight excluding hydrogens is 264 g/mol. The van der Waals surface area contributed by atoms with E-state index in [4.69, 9.17) is 14.9 Å². The van der Waals surface area contributed by atoms with Crippen LogP contribution in [0.2, 0.25) is 0 Å². The van der Waals surface area contributed by atoms with E-state index in [1.165, 1.54) is 4.90 Å². The maximum absolute atomic E-state index is 12.5. The lowest BCUT2D eigenvalue weighted by Crippen LogP contribution is -2.52. The maximum atomic E-state index is 12.5. The smallest absolute Gasteiger partial charge is 0.320 e. The Morgan fingerprint density at radius 3 is 2.50 bits per heavy atom. The van der Waals surface area contributed by atoms with Crippen molar-refractivity contribution in [2.24, 2.45) is 5.92 Å². The van der Waals surface area contributed by atoms with Crippen LogP contribution in [0.1, 0.15) is 20.3 Å². The monoisotopic (exact) mass is 288 g/mol. The lowest BCUT2D eigenvalue weighted by molar-refractivity contribution is -0.142. The maximum Gasteiger partial charge on any atom is 0.320 e. The molecule has 7 nitrogen and oxygen atoms in total. The molecule has 1 saturated heterocycles. The summed E-state index contributed by atoms with van der Waals surface area (Å²) in [6, 6.07) is -0.687. The van der Waals surface area contributed by atoms with Crippen LogP contribution in [-0.2, 0) is 9.53 Å². The Hall–Kier alpha value is -1.34. The zero-order valence-electron chi connectivity index (χ0n) is 12.3. The van der Waals surface area contributed by atoms with Crippen LogP contribution in [0.3, 0.4) is 0 Å². The van der Waals surface area contributed by atoms with Crippen molar-refractivity contribution < 1.29 is 24.5 Å². The summed E-state index contributed by atoms with van der Waals surface area (Å²) >= 11 is 0. The molecule has 20 heavy (non-hydrogen) atoms. The second-order valence-corrected chi connectivity index (χ2v) is 5.31. The van der Waals surface area contributed by atoms with Crippen molar-refractivity contribution >= 4 is 12.0 Å². The highest BCUT2D eigenvalue weighted by Gasteiger charge is 2.39. The average Bonchev–Trinajstić information content (AvgIpc) is 2.86. The van der Waals surface area contributed by atoms with E-state index in [0.29, 0.717) is 13.0 Å². The number of amides is 2. The van der Waals surface area contributed by atoms with Gasteiger partial charge in [0, 0.05) is 26.2 Å². The molecule has 1 aliphatic rings. The van der Waals surface area contributed by atoms with E-state index in [0.717, 1.165) is 0 Å². The first kappa shape index (κ1) is 16.7. The molecule has 0 spiro atoms. The Bertz CT molecular complexity index is 348. The van der Waals surface area contributed by atoms with Crippen LogP contribution in [0.5, 0.6) is 0 Å². The summed E-state index contributed by atoms with van der Waals surface area (Å²) in [5, 5.41) is 18.0. The highest BCUT2D eigenvalue weighted by molar-refractivity contribution is 5.77. The first-order valence-corrected chi connectivity index (χ1v) is 6.85. The number of rotatable bonds is 6. The van der Waals surface area contributed by atoms with Gasteiger partial charge in [0.2, 0.25) is 0 Å². The molecule has 0 aliphatic carbocycles. The standard InChI is InChI=1S/C13H24N2O5/c1-9(2)15(5-4-6-16)13(19)14(3)11-8-20-7-10(11)12(17)18/h9-11,16H,4-8H2,1-3H3,(H,17,18). The van der Waals surface area contributed by atoms with E-state index >= 15 is 0 Å². The minimum absolute atomic E-state index is 0.0119. The van der Waals surface area contributed by atoms with Crippen molar-refractivity contribution in [3.63, 3.8) is 0 Å². The van der Waals surface area contributed by atoms with E-state index in [2.05, 4.69) is 0 Å². The molecule has 0 radical (unpaired) electrons. The number of hydrogen-bond donors (Lipinski definition) is 2. The molecule has 2 N–H and O–H groups in total. The molecule has 1 heterocycles. The van der Waals surface area contributed by atoms with Gasteiger partial charge < -0.3 is 24.7 Å². The van der Waals surface area contributed by atoms with Gasteiger partial charge in [-0.2, -0.15) is 0 Å². The first-order chi connectivity index (χ1) is 9.40. The summed E-state index contributed by atoms with van der Waals surface area (Å²) in [6.07, 6.45) is 0.501. The molecule has 1 fully saturated rings. The predicted octanol–water partition coefficient (Wildman–Crippen LogP) is 0.231. The third-order valence-electron chi connectivity index (χ3n) is 3.59. The molecule has 0 aromatic rings. The van der Waals surface area contributed by atoms with E-state index in [1.54, 1.807) is 11.9 Å². The van der Waals surface area contributed by atoms with Crippen LogP contribution in [-0.4, -0.2) is 77.5 Å². The number of hydrogen-bond acceptors (Lipinski definition) is 4. The van der Waals surface area contributed by atoms with Gasteiger partial charge in [-0.1, -0.05) is 0 Å². The van der Waals surface area contributed by atoms with E-state index in [1.807, 2.05) is 13.8 Å². The van der Waals surface area contributed by atoms with Gasteiger partial charge in [0.05, 0.1) is 19.3 Å². The zero-order valence-corrected chi connectivity index (χ0v) is 12.3. The van der Waals surface area contributed by atoms with Crippen molar-refractivity contribution in [3.05, 3.63) is 0 Å². The van der Waals surface area contributed by atoms with Crippen molar-refractivity contribution in [1.29, 1.82) is 0 Å². The van der Waals surface area contributed by atoms with Crippen molar-refractivity contribution in [1.82, 2.24) is 9.80 Å². The zero-order chi connectivity index (χ0) is 15.3. The molecule has 7 heteroatoms. The van der Waals surface area contributed by atoms with E-state index in [-0.39, 0.29) is 31.9 Å². The van der Waals surface area contributed by atoms with Gasteiger partial charge in [-0.3, -0.25) is 4.79 Å². The van der Waals surface area contributed by atoms with Crippen molar-refractivity contribution in [2.75, 3.05) is 33.4 Å². The minimum Gasteiger partial charge on any atom is -0.481 e.